The number of benzene rings is 1. The Morgan fingerprint density at radius 1 is 1.24 bits per heavy atom. The van der Waals surface area contributed by atoms with E-state index in [1.54, 1.807) is 6.07 Å². The van der Waals surface area contributed by atoms with Gasteiger partial charge < -0.3 is 10.4 Å². The molecule has 2 rings (SSSR count). The molecule has 0 atom stereocenters. The molecule has 0 amide bonds. The van der Waals surface area contributed by atoms with Gasteiger partial charge in [0.05, 0.1) is 4.47 Å². The monoisotopic (exact) mass is 297 g/mol. The molecule has 1 aromatic carbocycles. The molecular weight excluding hydrogens is 278 g/mol. The van der Waals surface area contributed by atoms with Gasteiger partial charge in [-0.1, -0.05) is 33.8 Å². The fraction of sp³-hybridized carbons (Fsp3) is 0.571. The third-order valence-electron chi connectivity index (χ3n) is 4.54. The van der Waals surface area contributed by atoms with E-state index in [0.717, 1.165) is 11.0 Å². The lowest BCUT2D eigenvalue weighted by atomic mass is 10.0. The van der Waals surface area contributed by atoms with Crippen molar-refractivity contribution < 1.29 is 5.11 Å². The molecule has 0 spiro atoms. The van der Waals surface area contributed by atoms with Crippen LogP contribution in [0.4, 0.5) is 0 Å². The van der Waals surface area contributed by atoms with Crippen molar-refractivity contribution in [3.63, 3.8) is 0 Å². The number of hydrogen-bond donors (Lipinski definition) is 2. The summed E-state index contributed by atoms with van der Waals surface area (Å²) in [6.07, 6.45) is 0. The van der Waals surface area contributed by atoms with Crippen molar-refractivity contribution in [1.82, 2.24) is 5.32 Å². The normalized spacial score (nSPS) is 21.5. The van der Waals surface area contributed by atoms with Crippen molar-refractivity contribution in [2.45, 2.75) is 40.3 Å². The molecule has 0 unspecified atom stereocenters. The maximum absolute atomic E-state index is 9.43. The summed E-state index contributed by atoms with van der Waals surface area (Å²) >= 11 is 3.34. The fourth-order valence-corrected chi connectivity index (χ4v) is 3.01. The zero-order valence-corrected chi connectivity index (χ0v) is 12.4. The number of aromatic hydroxyl groups is 1. The third kappa shape index (κ3) is 2.11. The lowest BCUT2D eigenvalue weighted by Gasteiger charge is -2.07. The second-order valence-corrected chi connectivity index (χ2v) is 6.90. The van der Waals surface area contributed by atoms with Crippen molar-refractivity contribution in [1.29, 1.82) is 0 Å². The fourth-order valence-electron chi connectivity index (χ4n) is 2.59. The van der Waals surface area contributed by atoms with Crippen LogP contribution in [-0.4, -0.2) is 11.1 Å². The highest BCUT2D eigenvalue weighted by Crippen LogP contribution is 2.62. The summed E-state index contributed by atoms with van der Waals surface area (Å²) in [6.45, 7) is 10.1. The summed E-state index contributed by atoms with van der Waals surface area (Å²) in [4.78, 5) is 0. The average molecular weight is 298 g/mol. The Morgan fingerprint density at radius 2 is 1.82 bits per heavy atom. The van der Waals surface area contributed by atoms with Crippen LogP contribution in [0, 0.1) is 10.8 Å². The maximum Gasteiger partial charge on any atom is 0.129 e. The first-order chi connectivity index (χ1) is 7.76. The standard InChI is InChI=1S/C14H20BrNO/c1-13(2)12(14(13,3)4)16-8-9-5-6-11(17)10(15)7-9/h5-7,12,16-17H,8H2,1-4H3. The summed E-state index contributed by atoms with van der Waals surface area (Å²) in [7, 11) is 0. The molecule has 17 heavy (non-hydrogen) atoms. The SMILES string of the molecule is CC1(C)C(NCc2ccc(O)c(Br)c2)C1(C)C. The van der Waals surface area contributed by atoms with E-state index in [0.29, 0.717) is 22.6 Å². The summed E-state index contributed by atoms with van der Waals surface area (Å²) in [6, 6.07) is 6.20. The van der Waals surface area contributed by atoms with Gasteiger partial charge in [0.15, 0.2) is 0 Å². The highest BCUT2D eigenvalue weighted by atomic mass is 79.9. The quantitative estimate of drug-likeness (QED) is 0.892. The van der Waals surface area contributed by atoms with Crippen molar-refractivity contribution in [3.05, 3.63) is 28.2 Å². The van der Waals surface area contributed by atoms with Gasteiger partial charge in [-0.05, 0) is 44.5 Å². The molecule has 94 valence electrons. The second-order valence-electron chi connectivity index (χ2n) is 6.04. The first-order valence-electron chi connectivity index (χ1n) is 5.97. The molecule has 2 N–H and O–H groups in total. The number of rotatable bonds is 3. The molecule has 0 aliphatic heterocycles. The first kappa shape index (κ1) is 12.9. The zero-order valence-electron chi connectivity index (χ0n) is 10.8. The van der Waals surface area contributed by atoms with Crippen LogP contribution in [0.3, 0.4) is 0 Å². The first-order valence-corrected chi connectivity index (χ1v) is 6.77. The van der Waals surface area contributed by atoms with Crippen LogP contribution in [0.2, 0.25) is 0 Å². The van der Waals surface area contributed by atoms with Crippen LogP contribution in [0.15, 0.2) is 22.7 Å². The molecule has 1 fully saturated rings. The van der Waals surface area contributed by atoms with Gasteiger partial charge in [-0.3, -0.25) is 0 Å². The lowest BCUT2D eigenvalue weighted by molar-refractivity contribution is 0.457. The predicted molar refractivity (Wildman–Crippen MR) is 74.0 cm³/mol. The Hall–Kier alpha value is -0.540. The number of hydrogen-bond acceptors (Lipinski definition) is 2. The molecule has 1 aromatic rings. The number of phenolic OH excluding ortho intramolecular Hbond substituents is 1. The van der Waals surface area contributed by atoms with Crippen LogP contribution in [-0.2, 0) is 6.54 Å². The van der Waals surface area contributed by atoms with Crippen LogP contribution in [0.1, 0.15) is 33.3 Å². The van der Waals surface area contributed by atoms with E-state index in [-0.39, 0.29) is 0 Å². The van der Waals surface area contributed by atoms with E-state index in [4.69, 9.17) is 0 Å². The third-order valence-corrected chi connectivity index (χ3v) is 5.18. The summed E-state index contributed by atoms with van der Waals surface area (Å²) in [5, 5.41) is 13.0. The van der Waals surface area contributed by atoms with E-state index in [1.807, 2.05) is 12.1 Å². The predicted octanol–water partition coefficient (Wildman–Crippen LogP) is 3.68. The Bertz CT molecular complexity index is 426. The molecule has 1 aliphatic rings. The van der Waals surface area contributed by atoms with E-state index in [2.05, 4.69) is 48.9 Å². The Kier molecular flexibility index (Phi) is 3.03. The van der Waals surface area contributed by atoms with Crippen LogP contribution in [0.5, 0.6) is 5.75 Å². The van der Waals surface area contributed by atoms with Crippen LogP contribution in [0.25, 0.3) is 0 Å². The zero-order chi connectivity index (χ0) is 12.8. The summed E-state index contributed by atoms with van der Waals surface area (Å²) < 4.78 is 0.756. The van der Waals surface area contributed by atoms with E-state index in [1.165, 1.54) is 5.56 Å². The minimum absolute atomic E-state index is 0.292. The molecule has 1 saturated carbocycles. The van der Waals surface area contributed by atoms with E-state index >= 15 is 0 Å². The van der Waals surface area contributed by atoms with Gasteiger partial charge in [0.1, 0.15) is 5.75 Å². The molecule has 1 aliphatic carbocycles. The topological polar surface area (TPSA) is 32.3 Å². The summed E-state index contributed by atoms with van der Waals surface area (Å²) in [5.41, 5.74) is 1.91. The molecular formula is C14H20BrNO. The molecule has 0 bridgehead atoms. The van der Waals surface area contributed by atoms with Crippen molar-refractivity contribution >= 4 is 15.9 Å². The van der Waals surface area contributed by atoms with Crippen LogP contribution >= 0.6 is 15.9 Å². The number of phenols is 1. The minimum atomic E-state index is 0.292. The molecule has 0 radical (unpaired) electrons. The van der Waals surface area contributed by atoms with Gasteiger partial charge in [0.25, 0.3) is 0 Å². The van der Waals surface area contributed by atoms with Crippen LogP contribution < -0.4 is 5.32 Å². The highest BCUT2D eigenvalue weighted by molar-refractivity contribution is 9.10. The number of nitrogens with one attached hydrogen (secondary N) is 1. The van der Waals surface area contributed by atoms with Gasteiger partial charge >= 0.3 is 0 Å². The number of halogens is 1. The van der Waals surface area contributed by atoms with Gasteiger partial charge in [-0.2, -0.15) is 0 Å². The Balaban J connectivity index is 1.98. The lowest BCUT2D eigenvalue weighted by Crippen LogP contribution is -2.21. The van der Waals surface area contributed by atoms with Gasteiger partial charge in [0, 0.05) is 12.6 Å². The Morgan fingerprint density at radius 3 is 2.29 bits per heavy atom. The molecule has 0 saturated heterocycles. The van der Waals surface area contributed by atoms with Gasteiger partial charge in [-0.15, -0.1) is 0 Å². The van der Waals surface area contributed by atoms with Crippen molar-refractivity contribution in [3.8, 4) is 5.75 Å². The van der Waals surface area contributed by atoms with Crippen molar-refractivity contribution in [2.24, 2.45) is 10.8 Å². The van der Waals surface area contributed by atoms with E-state index < -0.39 is 0 Å². The molecule has 0 heterocycles. The van der Waals surface area contributed by atoms with Gasteiger partial charge in [-0.25, -0.2) is 0 Å². The maximum atomic E-state index is 9.43. The minimum Gasteiger partial charge on any atom is -0.507 e. The molecule has 3 heteroatoms. The molecule has 0 aromatic heterocycles. The van der Waals surface area contributed by atoms with Crippen molar-refractivity contribution in [2.75, 3.05) is 0 Å². The highest BCUT2D eigenvalue weighted by Gasteiger charge is 2.64. The largest absolute Gasteiger partial charge is 0.507 e. The summed E-state index contributed by atoms with van der Waals surface area (Å²) in [5.74, 6) is 0.292. The average Bonchev–Trinajstić information content (AvgIpc) is 2.61. The molecule has 2 nitrogen and oxygen atoms in total. The van der Waals surface area contributed by atoms with E-state index in [9.17, 15) is 5.11 Å². The van der Waals surface area contributed by atoms with Gasteiger partial charge in [0.2, 0.25) is 0 Å². The smallest absolute Gasteiger partial charge is 0.129 e. The Labute approximate surface area is 112 Å². The second kappa shape index (κ2) is 3.99.